The molecule has 4 amide bonds. The first-order chi connectivity index (χ1) is 15.9. The van der Waals surface area contributed by atoms with Crippen LogP contribution in [0.2, 0.25) is 0 Å². The topological polar surface area (TPSA) is 113 Å². The predicted octanol–water partition coefficient (Wildman–Crippen LogP) is 1.80. The number of benzene rings is 2. The number of primary amides is 1. The Morgan fingerprint density at radius 1 is 1.03 bits per heavy atom. The molecule has 1 saturated heterocycles. The molecule has 2 aliphatic heterocycles. The van der Waals surface area contributed by atoms with Crippen LogP contribution in [0.3, 0.4) is 0 Å². The highest BCUT2D eigenvalue weighted by Crippen LogP contribution is 2.24. The zero-order valence-corrected chi connectivity index (χ0v) is 18.5. The Balaban J connectivity index is 1.28. The average Bonchev–Trinajstić information content (AvgIpc) is 3.07. The molecule has 2 aliphatic rings. The third-order valence-corrected chi connectivity index (χ3v) is 6.25. The van der Waals surface area contributed by atoms with Crippen molar-refractivity contribution in [1.82, 2.24) is 15.1 Å². The largest absolute Gasteiger partial charge is 0.369 e. The van der Waals surface area contributed by atoms with Crippen molar-refractivity contribution in [1.29, 1.82) is 0 Å². The fraction of sp³-hybridized carbons (Fsp3) is 0.360. The number of rotatable bonds is 8. The van der Waals surface area contributed by atoms with Crippen molar-refractivity contribution < 1.29 is 19.2 Å². The van der Waals surface area contributed by atoms with Gasteiger partial charge in [0.15, 0.2) is 0 Å². The van der Waals surface area contributed by atoms with E-state index < -0.39 is 0 Å². The van der Waals surface area contributed by atoms with Crippen LogP contribution in [0.1, 0.15) is 55.9 Å². The third kappa shape index (κ3) is 5.12. The third-order valence-electron chi connectivity index (χ3n) is 6.25. The molecule has 1 atom stereocenters. The molecule has 4 rings (SSSR count). The van der Waals surface area contributed by atoms with Gasteiger partial charge in [0.05, 0.1) is 23.6 Å². The molecule has 2 aromatic carbocycles. The van der Waals surface area contributed by atoms with Crippen LogP contribution in [0, 0.1) is 5.92 Å². The molecular formula is C25H28N4O4. The van der Waals surface area contributed by atoms with E-state index >= 15 is 0 Å². The maximum atomic E-state index is 12.6. The lowest BCUT2D eigenvalue weighted by Gasteiger charge is -2.31. The van der Waals surface area contributed by atoms with Crippen molar-refractivity contribution in [2.75, 3.05) is 26.2 Å². The van der Waals surface area contributed by atoms with Gasteiger partial charge in [-0.15, -0.1) is 0 Å². The first-order valence-electron chi connectivity index (χ1n) is 11.3. The highest BCUT2D eigenvalue weighted by atomic mass is 16.2. The second-order valence-corrected chi connectivity index (χ2v) is 8.59. The van der Waals surface area contributed by atoms with E-state index in [-0.39, 0.29) is 36.1 Å². The number of nitrogens with two attached hydrogens (primary N) is 1. The van der Waals surface area contributed by atoms with Crippen LogP contribution < -0.4 is 11.1 Å². The molecular weight excluding hydrogens is 420 g/mol. The van der Waals surface area contributed by atoms with Crippen molar-refractivity contribution in [2.24, 2.45) is 11.7 Å². The van der Waals surface area contributed by atoms with Gasteiger partial charge in [-0.2, -0.15) is 0 Å². The van der Waals surface area contributed by atoms with Crippen LogP contribution in [-0.4, -0.2) is 59.6 Å². The van der Waals surface area contributed by atoms with Gasteiger partial charge >= 0.3 is 0 Å². The molecule has 0 aromatic heterocycles. The predicted molar refractivity (Wildman–Crippen MR) is 122 cm³/mol. The van der Waals surface area contributed by atoms with Gasteiger partial charge in [0.25, 0.3) is 17.7 Å². The zero-order valence-electron chi connectivity index (χ0n) is 18.5. The van der Waals surface area contributed by atoms with Crippen molar-refractivity contribution in [3.63, 3.8) is 0 Å². The van der Waals surface area contributed by atoms with E-state index in [2.05, 4.69) is 10.2 Å². The van der Waals surface area contributed by atoms with E-state index in [1.165, 1.54) is 4.90 Å². The number of nitrogens with one attached hydrogen (secondary N) is 1. The monoisotopic (exact) mass is 448 g/mol. The molecule has 33 heavy (non-hydrogen) atoms. The van der Waals surface area contributed by atoms with E-state index in [4.69, 9.17) is 5.73 Å². The van der Waals surface area contributed by atoms with Gasteiger partial charge in [-0.3, -0.25) is 24.1 Å². The summed E-state index contributed by atoms with van der Waals surface area (Å²) in [6.07, 6.45) is 2.57. The summed E-state index contributed by atoms with van der Waals surface area (Å²) >= 11 is 0. The Hall–Kier alpha value is -3.52. The Morgan fingerprint density at radius 2 is 1.76 bits per heavy atom. The maximum Gasteiger partial charge on any atom is 0.261 e. The van der Waals surface area contributed by atoms with Gasteiger partial charge in [-0.25, -0.2) is 0 Å². The van der Waals surface area contributed by atoms with Gasteiger partial charge in [-0.1, -0.05) is 24.3 Å². The van der Waals surface area contributed by atoms with Crippen molar-refractivity contribution in [3.05, 3.63) is 70.8 Å². The summed E-state index contributed by atoms with van der Waals surface area (Å²) in [5.74, 6) is -1.16. The Bertz CT molecular complexity index is 1050. The highest BCUT2D eigenvalue weighted by Gasteiger charge is 2.35. The zero-order chi connectivity index (χ0) is 23.4. The van der Waals surface area contributed by atoms with Crippen LogP contribution in [-0.2, 0) is 11.3 Å². The molecule has 0 aliphatic carbocycles. The molecule has 8 heteroatoms. The lowest BCUT2D eigenvalue weighted by Crippen LogP contribution is -2.42. The number of hydrogen-bond donors (Lipinski definition) is 2. The van der Waals surface area contributed by atoms with E-state index in [9.17, 15) is 19.2 Å². The van der Waals surface area contributed by atoms with Gasteiger partial charge in [0.1, 0.15) is 0 Å². The van der Waals surface area contributed by atoms with E-state index in [1.54, 1.807) is 48.5 Å². The summed E-state index contributed by atoms with van der Waals surface area (Å²) in [6, 6.07) is 13.7. The smallest absolute Gasteiger partial charge is 0.261 e. The molecule has 8 nitrogen and oxygen atoms in total. The van der Waals surface area contributed by atoms with Crippen molar-refractivity contribution in [2.45, 2.75) is 25.8 Å². The molecule has 0 bridgehead atoms. The Kier molecular flexibility index (Phi) is 6.84. The number of carbonyl (C=O) groups excluding carboxylic acids is 4. The molecule has 172 valence electrons. The van der Waals surface area contributed by atoms with Gasteiger partial charge < -0.3 is 16.0 Å². The lowest BCUT2D eigenvalue weighted by molar-refractivity contribution is -0.123. The van der Waals surface area contributed by atoms with Gasteiger partial charge in [-0.05, 0) is 62.2 Å². The summed E-state index contributed by atoms with van der Waals surface area (Å²) in [6.45, 7) is 3.05. The molecule has 2 heterocycles. The first-order valence-corrected chi connectivity index (χ1v) is 11.3. The Morgan fingerprint density at radius 3 is 2.45 bits per heavy atom. The summed E-state index contributed by atoms with van der Waals surface area (Å²) in [5, 5.41) is 2.92. The number of likely N-dealkylation sites (tertiary alicyclic amines) is 1. The first kappa shape index (κ1) is 22.7. The molecule has 0 radical (unpaired) electrons. The number of carbonyl (C=O) groups is 4. The maximum absolute atomic E-state index is 12.6. The SMILES string of the molecule is NC(=O)C1CCCN(CCCNC(=O)c2cccc(CN3C(=O)c4ccccc4C3=O)c2)C1. The lowest BCUT2D eigenvalue weighted by atomic mass is 9.97. The van der Waals surface area contributed by atoms with E-state index in [0.29, 0.717) is 35.3 Å². The highest BCUT2D eigenvalue weighted by molar-refractivity contribution is 6.21. The number of imide groups is 1. The summed E-state index contributed by atoms with van der Waals surface area (Å²) in [5.41, 5.74) is 7.44. The normalized spacial score (nSPS) is 18.3. The second kappa shape index (κ2) is 9.95. The standard InChI is InChI=1S/C25H28N4O4/c26-22(30)19-8-4-12-28(16-19)13-5-11-27-23(31)18-7-3-6-17(14-18)15-29-24(32)20-9-1-2-10-21(20)25(29)33/h1-3,6-7,9-10,14,19H,4-5,8,11-13,15-16H2,(H2,26,30)(H,27,31). The van der Waals surface area contributed by atoms with Crippen LogP contribution in [0.5, 0.6) is 0 Å². The Labute approximate surface area is 192 Å². The van der Waals surface area contributed by atoms with E-state index in [0.717, 1.165) is 32.4 Å². The summed E-state index contributed by atoms with van der Waals surface area (Å²) in [4.78, 5) is 52.6. The van der Waals surface area contributed by atoms with Gasteiger partial charge in [0, 0.05) is 18.7 Å². The minimum absolute atomic E-state index is 0.0850. The number of amides is 4. The molecule has 0 saturated carbocycles. The summed E-state index contributed by atoms with van der Waals surface area (Å²) < 4.78 is 0. The quantitative estimate of drug-likeness (QED) is 0.472. The van der Waals surface area contributed by atoms with Crippen LogP contribution in [0.4, 0.5) is 0 Å². The van der Waals surface area contributed by atoms with Crippen LogP contribution in [0.25, 0.3) is 0 Å². The average molecular weight is 449 g/mol. The fourth-order valence-corrected chi connectivity index (χ4v) is 4.47. The van der Waals surface area contributed by atoms with Crippen LogP contribution >= 0.6 is 0 Å². The number of hydrogen-bond acceptors (Lipinski definition) is 5. The minimum Gasteiger partial charge on any atom is -0.369 e. The van der Waals surface area contributed by atoms with Crippen molar-refractivity contribution in [3.8, 4) is 0 Å². The van der Waals surface area contributed by atoms with Crippen LogP contribution in [0.15, 0.2) is 48.5 Å². The minimum atomic E-state index is -0.318. The molecule has 0 spiro atoms. The molecule has 2 aromatic rings. The van der Waals surface area contributed by atoms with Crippen molar-refractivity contribution >= 4 is 23.6 Å². The second-order valence-electron chi connectivity index (χ2n) is 8.59. The number of nitrogens with zero attached hydrogens (tertiary/aromatic N) is 2. The van der Waals surface area contributed by atoms with E-state index in [1.807, 2.05) is 0 Å². The number of piperidine rings is 1. The molecule has 1 unspecified atom stereocenters. The molecule has 3 N–H and O–H groups in total. The summed E-state index contributed by atoms with van der Waals surface area (Å²) in [7, 11) is 0. The number of fused-ring (bicyclic) bond motifs is 1. The van der Waals surface area contributed by atoms with Gasteiger partial charge in [0.2, 0.25) is 5.91 Å². The fourth-order valence-electron chi connectivity index (χ4n) is 4.47. The molecule has 1 fully saturated rings.